The third-order valence-corrected chi connectivity index (χ3v) is 3.94. The van der Waals surface area contributed by atoms with Crippen LogP contribution in [0.25, 0.3) is 11.1 Å². The molecular weight excluding hydrogens is 350 g/mol. The van der Waals surface area contributed by atoms with Crippen molar-refractivity contribution in [3.63, 3.8) is 0 Å². The van der Waals surface area contributed by atoms with Crippen molar-refractivity contribution in [1.82, 2.24) is 10.3 Å². The second kappa shape index (κ2) is 8.40. The number of benzene rings is 2. The largest absolute Gasteiger partial charge is 0.489 e. The summed E-state index contributed by atoms with van der Waals surface area (Å²) in [5.74, 6) is -1.61. The van der Waals surface area contributed by atoms with Crippen molar-refractivity contribution < 1.29 is 18.3 Å². The van der Waals surface area contributed by atoms with E-state index in [0.717, 1.165) is 23.3 Å². The van der Waals surface area contributed by atoms with E-state index in [0.29, 0.717) is 12.3 Å². The van der Waals surface area contributed by atoms with Crippen LogP contribution in [0.5, 0.6) is 5.75 Å². The number of halogens is 2. The Bertz CT molecular complexity index is 946. The predicted octanol–water partition coefficient (Wildman–Crippen LogP) is 4.36. The molecule has 0 saturated carbocycles. The van der Waals surface area contributed by atoms with Crippen LogP contribution in [0.3, 0.4) is 0 Å². The van der Waals surface area contributed by atoms with Crippen LogP contribution in [0.1, 0.15) is 22.8 Å². The van der Waals surface area contributed by atoms with Crippen molar-refractivity contribution in [1.29, 1.82) is 0 Å². The van der Waals surface area contributed by atoms with Crippen molar-refractivity contribution in [3.05, 3.63) is 83.7 Å². The Kier molecular flexibility index (Phi) is 5.76. The van der Waals surface area contributed by atoms with Crippen LogP contribution < -0.4 is 10.1 Å². The molecule has 0 atom stereocenters. The van der Waals surface area contributed by atoms with Gasteiger partial charge in [-0.1, -0.05) is 18.2 Å². The molecule has 6 heteroatoms. The van der Waals surface area contributed by atoms with E-state index >= 15 is 0 Å². The average Bonchev–Trinajstić information content (AvgIpc) is 2.69. The van der Waals surface area contributed by atoms with Gasteiger partial charge < -0.3 is 10.1 Å². The third-order valence-electron chi connectivity index (χ3n) is 3.94. The number of pyridine rings is 1. The molecule has 0 aliphatic carbocycles. The van der Waals surface area contributed by atoms with Crippen molar-refractivity contribution in [3.8, 4) is 16.9 Å². The lowest BCUT2D eigenvalue weighted by Gasteiger charge is -2.11. The summed E-state index contributed by atoms with van der Waals surface area (Å²) in [5, 5.41) is 2.45. The zero-order valence-electron chi connectivity index (χ0n) is 14.7. The van der Waals surface area contributed by atoms with E-state index in [1.54, 1.807) is 31.5 Å². The van der Waals surface area contributed by atoms with Crippen molar-refractivity contribution in [2.24, 2.45) is 0 Å². The average molecular weight is 368 g/mol. The van der Waals surface area contributed by atoms with Crippen LogP contribution in [0.15, 0.2) is 60.9 Å². The Hall–Kier alpha value is -3.28. The number of carbonyl (C=O) groups is 1. The molecule has 27 heavy (non-hydrogen) atoms. The first-order valence-electron chi connectivity index (χ1n) is 8.48. The van der Waals surface area contributed by atoms with Crippen LogP contribution in [-0.2, 0) is 6.61 Å². The highest BCUT2D eigenvalue weighted by atomic mass is 19.1. The minimum Gasteiger partial charge on any atom is -0.489 e. The molecule has 0 aliphatic rings. The van der Waals surface area contributed by atoms with E-state index in [4.69, 9.17) is 4.74 Å². The van der Waals surface area contributed by atoms with Crippen LogP contribution >= 0.6 is 0 Å². The van der Waals surface area contributed by atoms with Gasteiger partial charge in [-0.05, 0) is 42.8 Å². The summed E-state index contributed by atoms with van der Waals surface area (Å²) in [6.07, 6.45) is 3.42. The second-order valence-electron chi connectivity index (χ2n) is 5.84. The van der Waals surface area contributed by atoms with E-state index in [-0.39, 0.29) is 17.7 Å². The molecule has 3 rings (SSSR count). The van der Waals surface area contributed by atoms with Gasteiger partial charge in [0.05, 0.1) is 5.56 Å². The molecule has 4 nitrogen and oxygen atoms in total. The number of carbonyl (C=O) groups excluding carboxylic acids is 1. The molecule has 1 amide bonds. The highest BCUT2D eigenvalue weighted by Gasteiger charge is 2.16. The maximum Gasteiger partial charge on any atom is 0.254 e. The van der Waals surface area contributed by atoms with E-state index in [1.807, 2.05) is 24.3 Å². The Labute approximate surface area is 155 Å². The van der Waals surface area contributed by atoms with E-state index in [2.05, 4.69) is 10.3 Å². The fraction of sp³-hybridized carbons (Fsp3) is 0.143. The lowest BCUT2D eigenvalue weighted by Crippen LogP contribution is -2.24. The van der Waals surface area contributed by atoms with Gasteiger partial charge in [-0.15, -0.1) is 0 Å². The monoisotopic (exact) mass is 368 g/mol. The molecule has 1 heterocycles. The van der Waals surface area contributed by atoms with E-state index in [1.165, 1.54) is 0 Å². The number of nitrogens with zero attached hydrogens (tertiary/aromatic N) is 1. The summed E-state index contributed by atoms with van der Waals surface area (Å²) in [7, 11) is 0. The number of ether oxygens (including phenoxy) is 1. The van der Waals surface area contributed by atoms with Crippen molar-refractivity contribution in [2.45, 2.75) is 13.5 Å². The highest BCUT2D eigenvalue weighted by Crippen LogP contribution is 2.24. The number of rotatable bonds is 6. The molecule has 0 radical (unpaired) electrons. The molecule has 0 aliphatic heterocycles. The van der Waals surface area contributed by atoms with Crippen LogP contribution in [0, 0.1) is 11.6 Å². The number of hydrogen-bond acceptors (Lipinski definition) is 3. The Balaban J connectivity index is 1.75. The summed E-state index contributed by atoms with van der Waals surface area (Å²) < 4.78 is 34.0. The Morgan fingerprint density at radius 2 is 1.89 bits per heavy atom. The quantitative estimate of drug-likeness (QED) is 0.704. The standard InChI is InChI=1S/C21H18F2N2O2/c1-2-25-21(26)18-11-19(22)16(10-20(18)23)13-27-17-7-3-5-14(9-17)15-6-4-8-24-12-15/h3-12H,2,13H2,1H3,(H,25,26). The van der Waals surface area contributed by atoms with Gasteiger partial charge in [-0.2, -0.15) is 0 Å². The molecule has 1 N–H and O–H groups in total. The zero-order valence-corrected chi connectivity index (χ0v) is 14.7. The molecule has 0 fully saturated rings. The number of amides is 1. The number of hydrogen-bond donors (Lipinski definition) is 1. The molecule has 2 aromatic carbocycles. The first-order chi connectivity index (χ1) is 13.1. The van der Waals surface area contributed by atoms with E-state index in [9.17, 15) is 13.6 Å². The van der Waals surface area contributed by atoms with Crippen LogP contribution in [-0.4, -0.2) is 17.4 Å². The minimum absolute atomic E-state index is 0.0346. The second-order valence-corrected chi connectivity index (χ2v) is 5.84. The summed E-state index contributed by atoms with van der Waals surface area (Å²) in [6.45, 7) is 1.88. The van der Waals surface area contributed by atoms with Crippen molar-refractivity contribution in [2.75, 3.05) is 6.54 Å². The van der Waals surface area contributed by atoms with Crippen molar-refractivity contribution >= 4 is 5.91 Å². The fourth-order valence-electron chi connectivity index (χ4n) is 2.59. The number of aromatic nitrogens is 1. The normalized spacial score (nSPS) is 10.5. The molecule has 1 aromatic heterocycles. The first kappa shape index (κ1) is 18.5. The summed E-state index contributed by atoms with van der Waals surface area (Å²) >= 11 is 0. The van der Waals surface area contributed by atoms with Crippen LogP contribution in [0.4, 0.5) is 8.78 Å². The molecular formula is C21H18F2N2O2. The highest BCUT2D eigenvalue weighted by molar-refractivity contribution is 5.94. The minimum atomic E-state index is -0.787. The van der Waals surface area contributed by atoms with Gasteiger partial charge in [0.2, 0.25) is 0 Å². The summed E-state index contributed by atoms with van der Waals surface area (Å²) in [5.41, 5.74) is 1.54. The Morgan fingerprint density at radius 1 is 1.07 bits per heavy atom. The van der Waals surface area contributed by atoms with Gasteiger partial charge in [0, 0.05) is 30.1 Å². The molecule has 138 valence electrons. The van der Waals surface area contributed by atoms with Gasteiger partial charge in [0.1, 0.15) is 24.0 Å². The van der Waals surface area contributed by atoms with Crippen LogP contribution in [0.2, 0.25) is 0 Å². The lowest BCUT2D eigenvalue weighted by atomic mass is 10.1. The molecule has 0 unspecified atom stereocenters. The van der Waals surface area contributed by atoms with Gasteiger partial charge in [-0.25, -0.2) is 8.78 Å². The molecule has 0 saturated heterocycles. The topological polar surface area (TPSA) is 51.2 Å². The summed E-state index contributed by atoms with van der Waals surface area (Å²) in [6, 6.07) is 12.9. The molecule has 3 aromatic rings. The third kappa shape index (κ3) is 4.47. The summed E-state index contributed by atoms with van der Waals surface area (Å²) in [4.78, 5) is 15.8. The Morgan fingerprint density at radius 3 is 2.63 bits per heavy atom. The van der Waals surface area contributed by atoms with E-state index < -0.39 is 17.5 Å². The van der Waals surface area contributed by atoms with Gasteiger partial charge in [0.25, 0.3) is 5.91 Å². The first-order valence-corrected chi connectivity index (χ1v) is 8.48. The molecule has 0 spiro atoms. The SMILES string of the molecule is CCNC(=O)c1cc(F)c(COc2cccc(-c3cccnc3)c2)cc1F. The van der Waals surface area contributed by atoms with Gasteiger partial charge in [0.15, 0.2) is 0 Å². The molecule has 0 bridgehead atoms. The maximum absolute atomic E-state index is 14.2. The zero-order chi connectivity index (χ0) is 19.2. The lowest BCUT2D eigenvalue weighted by molar-refractivity contribution is 0.0951. The van der Waals surface area contributed by atoms with Gasteiger partial charge in [-0.3, -0.25) is 9.78 Å². The smallest absolute Gasteiger partial charge is 0.254 e. The van der Waals surface area contributed by atoms with Gasteiger partial charge >= 0.3 is 0 Å². The maximum atomic E-state index is 14.2. The number of nitrogens with one attached hydrogen (secondary N) is 1. The fourth-order valence-corrected chi connectivity index (χ4v) is 2.59. The predicted molar refractivity (Wildman–Crippen MR) is 98.4 cm³/mol.